The minimum Gasteiger partial charge on any atom is -0.481 e. The maximum absolute atomic E-state index is 13.9. The van der Waals surface area contributed by atoms with Gasteiger partial charge in [0.15, 0.2) is 0 Å². The molecule has 0 aromatic carbocycles. The lowest BCUT2D eigenvalue weighted by Crippen LogP contribution is -2.50. The van der Waals surface area contributed by atoms with Crippen LogP contribution in [0.1, 0.15) is 94.2 Å². The van der Waals surface area contributed by atoms with E-state index in [0.717, 1.165) is 42.6 Å². The average Bonchev–Trinajstić information content (AvgIpc) is 3.57. The molecule has 8 heteroatoms. The van der Waals surface area contributed by atoms with Crippen LogP contribution in [0, 0.1) is 17.3 Å². The van der Waals surface area contributed by atoms with Crippen molar-refractivity contribution in [1.29, 1.82) is 0 Å². The van der Waals surface area contributed by atoms with Gasteiger partial charge in [0, 0.05) is 18.0 Å². The first-order valence-corrected chi connectivity index (χ1v) is 15.3. The smallest absolute Gasteiger partial charge is 0.305 e. The van der Waals surface area contributed by atoms with E-state index in [9.17, 15) is 14.4 Å². The van der Waals surface area contributed by atoms with Gasteiger partial charge in [0.1, 0.15) is 11.4 Å². The molecule has 5 rings (SSSR count). The molecule has 2 fully saturated rings. The molecule has 0 radical (unpaired) electrons. The molecule has 1 aromatic rings. The minimum atomic E-state index is -0.924. The molecular formula is C31H41N3O4S. The lowest BCUT2D eigenvalue weighted by atomic mass is 9.69. The Morgan fingerprint density at radius 2 is 1.92 bits per heavy atom. The van der Waals surface area contributed by atoms with Crippen molar-refractivity contribution in [2.75, 3.05) is 13.1 Å². The first-order valence-electron chi connectivity index (χ1n) is 14.4. The number of carbonyl (C=O) groups is 3. The molecule has 1 aliphatic heterocycles. The van der Waals surface area contributed by atoms with Gasteiger partial charge >= 0.3 is 5.97 Å². The summed E-state index contributed by atoms with van der Waals surface area (Å²) in [6.45, 7) is 7.69. The summed E-state index contributed by atoms with van der Waals surface area (Å²) in [6.07, 6.45) is 13.6. The van der Waals surface area contributed by atoms with E-state index in [1.54, 1.807) is 11.3 Å². The molecule has 1 atom stereocenters. The summed E-state index contributed by atoms with van der Waals surface area (Å²) in [5.41, 5.74) is 1.57. The Morgan fingerprint density at radius 1 is 1.18 bits per heavy atom. The Kier molecular flexibility index (Phi) is 7.86. The Bertz CT molecular complexity index is 1210. The number of amides is 2. The topological polar surface area (TPSA) is 99.1 Å². The van der Waals surface area contributed by atoms with Crippen LogP contribution in [-0.4, -0.2) is 52.3 Å². The van der Waals surface area contributed by atoms with Crippen LogP contribution in [-0.2, 0) is 14.4 Å². The lowest BCUT2D eigenvalue weighted by Gasteiger charge is -2.45. The maximum atomic E-state index is 13.9. The van der Waals surface area contributed by atoms with E-state index >= 15 is 0 Å². The molecule has 7 nitrogen and oxygen atoms in total. The number of hydrogen-bond donors (Lipinski definition) is 2. The second-order valence-electron chi connectivity index (χ2n) is 12.7. The third kappa shape index (κ3) is 6.21. The number of carbonyl (C=O) groups excluding carboxylic acids is 2. The van der Waals surface area contributed by atoms with E-state index in [0.29, 0.717) is 30.5 Å². The highest BCUT2D eigenvalue weighted by molar-refractivity contribution is 7.15. The van der Waals surface area contributed by atoms with E-state index < -0.39 is 11.6 Å². The van der Waals surface area contributed by atoms with Gasteiger partial charge in [-0.2, -0.15) is 0 Å². The van der Waals surface area contributed by atoms with Crippen LogP contribution in [0.4, 0.5) is 0 Å². The van der Waals surface area contributed by atoms with Crippen LogP contribution in [0.25, 0.3) is 0 Å². The fourth-order valence-corrected chi connectivity index (χ4v) is 7.37. The maximum Gasteiger partial charge on any atom is 0.305 e. The number of aliphatic carboxylic acids is 1. The molecule has 0 bridgehead atoms. The van der Waals surface area contributed by atoms with Crippen molar-refractivity contribution in [3.8, 4) is 0 Å². The van der Waals surface area contributed by atoms with Crippen LogP contribution in [0.15, 0.2) is 40.9 Å². The second-order valence-corrected chi connectivity index (χ2v) is 13.8. The number of rotatable bonds is 9. The van der Waals surface area contributed by atoms with Crippen molar-refractivity contribution in [2.24, 2.45) is 22.2 Å². The number of nitrogens with zero attached hydrogens (tertiary/aromatic N) is 2. The van der Waals surface area contributed by atoms with Gasteiger partial charge in [0.25, 0.3) is 5.91 Å². The van der Waals surface area contributed by atoms with Gasteiger partial charge in [0.05, 0.1) is 17.2 Å². The zero-order valence-electron chi connectivity index (χ0n) is 23.4. The monoisotopic (exact) mass is 551 g/mol. The Balaban J connectivity index is 1.26. The summed E-state index contributed by atoms with van der Waals surface area (Å²) in [7, 11) is 0. The number of allylic oxidation sites excluding steroid dienone is 2. The Labute approximate surface area is 235 Å². The molecular weight excluding hydrogens is 510 g/mol. The minimum absolute atomic E-state index is 0.0597. The molecule has 4 aliphatic rings. The van der Waals surface area contributed by atoms with Gasteiger partial charge in [0.2, 0.25) is 5.91 Å². The molecule has 3 aliphatic carbocycles. The predicted octanol–water partition coefficient (Wildman–Crippen LogP) is 5.67. The third-order valence-electron chi connectivity index (χ3n) is 8.90. The van der Waals surface area contributed by atoms with Gasteiger partial charge in [-0.25, -0.2) is 0 Å². The predicted molar refractivity (Wildman–Crippen MR) is 154 cm³/mol. The fourth-order valence-electron chi connectivity index (χ4n) is 6.21. The zero-order chi connectivity index (χ0) is 27.8. The molecule has 210 valence electrons. The molecule has 2 amide bonds. The molecule has 1 spiro atoms. The van der Waals surface area contributed by atoms with Crippen molar-refractivity contribution in [3.63, 3.8) is 0 Å². The Hall–Kier alpha value is -2.74. The van der Waals surface area contributed by atoms with Gasteiger partial charge in [-0.05, 0) is 80.8 Å². The number of thiophene rings is 1. The first kappa shape index (κ1) is 27.8. The standard InChI is InChI=1S/C31H41N3O4S/c1-30(2,3)23-12-16-31(17-13-23)33-27(25-11-10-24(39-25)21-8-9-21)29(38)34(31)19-15-20-4-6-22(7-5-20)28(37)32-18-14-26(35)36/h4-6,10-11,21-23H,7-9,12-19H2,1-3H3,(H,32,37)(H,35,36). The largest absolute Gasteiger partial charge is 0.481 e. The molecule has 1 aromatic heterocycles. The number of carboxylic acids is 1. The SMILES string of the molecule is CC(C)(C)C1CCC2(CC1)N=C(c1ccc(C3CC3)s1)C(=O)N2CCC1=CCC(C(=O)NCCC(=O)O)C=C1. The summed E-state index contributed by atoms with van der Waals surface area (Å²) in [5, 5.41) is 11.5. The van der Waals surface area contributed by atoms with E-state index in [4.69, 9.17) is 10.1 Å². The highest BCUT2D eigenvalue weighted by atomic mass is 32.1. The second kappa shape index (κ2) is 11.0. The number of hydrogen-bond acceptors (Lipinski definition) is 5. The quantitative estimate of drug-likeness (QED) is 0.413. The zero-order valence-corrected chi connectivity index (χ0v) is 24.2. The van der Waals surface area contributed by atoms with Gasteiger partial charge < -0.3 is 15.3 Å². The van der Waals surface area contributed by atoms with Crippen molar-refractivity contribution in [1.82, 2.24) is 10.2 Å². The van der Waals surface area contributed by atoms with Crippen LogP contribution in [0.3, 0.4) is 0 Å². The van der Waals surface area contributed by atoms with E-state index in [1.165, 1.54) is 17.7 Å². The molecule has 39 heavy (non-hydrogen) atoms. The number of aliphatic imine (C=N–C) groups is 1. The van der Waals surface area contributed by atoms with E-state index in [1.807, 2.05) is 12.2 Å². The molecule has 1 unspecified atom stereocenters. The average molecular weight is 552 g/mol. The van der Waals surface area contributed by atoms with Crippen LogP contribution >= 0.6 is 11.3 Å². The van der Waals surface area contributed by atoms with Crippen LogP contribution < -0.4 is 5.32 Å². The van der Waals surface area contributed by atoms with Crippen LogP contribution in [0.5, 0.6) is 0 Å². The van der Waals surface area contributed by atoms with Gasteiger partial charge in [-0.15, -0.1) is 11.3 Å². The van der Waals surface area contributed by atoms with Gasteiger partial charge in [-0.1, -0.05) is 44.6 Å². The molecule has 2 N–H and O–H groups in total. The molecule has 2 heterocycles. The van der Waals surface area contributed by atoms with Crippen LogP contribution in [0.2, 0.25) is 0 Å². The lowest BCUT2D eigenvalue weighted by molar-refractivity contribution is -0.137. The highest BCUT2D eigenvalue weighted by Crippen LogP contribution is 2.48. The van der Waals surface area contributed by atoms with E-state index in [2.05, 4.69) is 49.2 Å². The molecule has 2 saturated carbocycles. The number of nitrogens with one attached hydrogen (secondary N) is 1. The summed E-state index contributed by atoms with van der Waals surface area (Å²) in [4.78, 5) is 46.6. The third-order valence-corrected chi connectivity index (χ3v) is 10.2. The number of carboxylic acid groups (broad SMARTS) is 1. The fraction of sp³-hybridized carbons (Fsp3) is 0.613. The molecule has 0 saturated heterocycles. The summed E-state index contributed by atoms with van der Waals surface area (Å²) in [6, 6.07) is 4.28. The highest BCUT2D eigenvalue weighted by Gasteiger charge is 2.50. The van der Waals surface area contributed by atoms with E-state index in [-0.39, 0.29) is 36.1 Å². The van der Waals surface area contributed by atoms with Crippen molar-refractivity contribution >= 4 is 34.8 Å². The summed E-state index contributed by atoms with van der Waals surface area (Å²) < 4.78 is 0. The summed E-state index contributed by atoms with van der Waals surface area (Å²) in [5.74, 6) is -0.000709. The van der Waals surface area contributed by atoms with Crippen molar-refractivity contribution in [3.05, 3.63) is 45.7 Å². The normalized spacial score (nSPS) is 27.1. The van der Waals surface area contributed by atoms with Crippen molar-refractivity contribution < 1.29 is 19.5 Å². The Morgan fingerprint density at radius 3 is 2.54 bits per heavy atom. The summed E-state index contributed by atoms with van der Waals surface area (Å²) >= 11 is 1.74. The van der Waals surface area contributed by atoms with Crippen molar-refractivity contribution in [2.45, 2.75) is 90.1 Å². The first-order chi connectivity index (χ1) is 18.6. The van der Waals surface area contributed by atoms with Gasteiger partial charge in [-0.3, -0.25) is 19.4 Å².